The van der Waals surface area contributed by atoms with Crippen molar-refractivity contribution in [2.24, 2.45) is 5.73 Å². The van der Waals surface area contributed by atoms with Gasteiger partial charge in [0.2, 0.25) is 0 Å². The highest BCUT2D eigenvalue weighted by molar-refractivity contribution is 9.10. The van der Waals surface area contributed by atoms with E-state index >= 15 is 0 Å². The Bertz CT molecular complexity index is 473. The van der Waals surface area contributed by atoms with Gasteiger partial charge in [0.25, 0.3) is 0 Å². The number of hydrogen-bond acceptors (Lipinski definition) is 3. The number of rotatable bonds is 3. The summed E-state index contributed by atoms with van der Waals surface area (Å²) in [5, 5.41) is 0. The maximum absolute atomic E-state index is 13.3. The number of hydrogen-bond donors (Lipinski definition) is 1. The van der Waals surface area contributed by atoms with Gasteiger partial charge in [0.1, 0.15) is 5.82 Å². The van der Waals surface area contributed by atoms with Gasteiger partial charge < -0.3 is 5.73 Å². The highest BCUT2D eigenvalue weighted by atomic mass is 79.9. The van der Waals surface area contributed by atoms with Crippen molar-refractivity contribution in [3.8, 4) is 0 Å². The number of nitrogens with two attached hydrogens (primary N) is 1. The second-order valence-corrected chi connectivity index (χ2v) is 5.28. The molecule has 0 radical (unpaired) electrons. The van der Waals surface area contributed by atoms with Crippen molar-refractivity contribution < 1.29 is 4.39 Å². The van der Waals surface area contributed by atoms with Crippen LogP contribution in [0.2, 0.25) is 0 Å². The molecule has 0 saturated heterocycles. The molecule has 2 rings (SSSR count). The fraction of sp³-hybridized carbons (Fsp3) is 0.182. The maximum Gasteiger partial charge on any atom is 0.137 e. The molecule has 1 aromatic carbocycles. The van der Waals surface area contributed by atoms with Crippen LogP contribution in [0.5, 0.6) is 0 Å². The summed E-state index contributed by atoms with van der Waals surface area (Å²) in [5.74, 6) is -0.280. The second kappa shape index (κ2) is 5.03. The molecule has 16 heavy (non-hydrogen) atoms. The quantitative estimate of drug-likeness (QED) is 0.945. The summed E-state index contributed by atoms with van der Waals surface area (Å²) in [6.07, 6.45) is 2.48. The number of nitrogens with zero attached hydrogens (tertiary/aromatic N) is 1. The van der Waals surface area contributed by atoms with E-state index in [0.717, 1.165) is 10.4 Å². The summed E-state index contributed by atoms with van der Waals surface area (Å²) in [6, 6.07) is 4.79. The molecule has 2 nitrogen and oxygen atoms in total. The van der Waals surface area contributed by atoms with E-state index in [1.807, 2.05) is 6.07 Å². The zero-order chi connectivity index (χ0) is 11.5. The second-order valence-electron chi connectivity index (χ2n) is 3.45. The molecule has 0 bridgehead atoms. The molecule has 5 heteroatoms. The average Bonchev–Trinajstić information content (AvgIpc) is 2.74. The molecular formula is C11H10BrFN2S. The minimum Gasteiger partial charge on any atom is -0.324 e. The van der Waals surface area contributed by atoms with Crippen LogP contribution in [0.3, 0.4) is 0 Å². The van der Waals surface area contributed by atoms with Crippen LogP contribution < -0.4 is 5.73 Å². The largest absolute Gasteiger partial charge is 0.324 e. The van der Waals surface area contributed by atoms with E-state index in [9.17, 15) is 4.39 Å². The van der Waals surface area contributed by atoms with E-state index < -0.39 is 0 Å². The van der Waals surface area contributed by atoms with Crippen LogP contribution in [0.4, 0.5) is 4.39 Å². The fourth-order valence-electron chi connectivity index (χ4n) is 1.42. The first kappa shape index (κ1) is 11.7. The number of benzene rings is 1. The molecule has 0 aliphatic rings. The lowest BCUT2D eigenvalue weighted by Gasteiger charge is -2.11. The number of thiazole rings is 1. The third-order valence-corrected chi connectivity index (χ3v) is 3.72. The lowest BCUT2D eigenvalue weighted by atomic mass is 10.0. The van der Waals surface area contributed by atoms with Crippen molar-refractivity contribution in [1.29, 1.82) is 0 Å². The molecule has 1 aromatic heterocycles. The Balaban J connectivity index is 2.14. The maximum atomic E-state index is 13.3. The molecule has 0 amide bonds. The minimum absolute atomic E-state index is 0.192. The van der Waals surface area contributed by atoms with Crippen LogP contribution in [-0.2, 0) is 6.42 Å². The van der Waals surface area contributed by atoms with E-state index in [1.54, 1.807) is 29.1 Å². The summed E-state index contributed by atoms with van der Waals surface area (Å²) in [7, 11) is 0. The van der Waals surface area contributed by atoms with Crippen LogP contribution in [-0.4, -0.2) is 4.98 Å². The SMILES string of the molecule is NC(Cc1cncs1)c1ccc(Br)c(F)c1. The third-order valence-electron chi connectivity index (χ3n) is 2.28. The van der Waals surface area contributed by atoms with Gasteiger partial charge in [-0.3, -0.25) is 4.98 Å². The third kappa shape index (κ3) is 2.66. The van der Waals surface area contributed by atoms with Gasteiger partial charge in [-0.25, -0.2) is 4.39 Å². The number of aromatic nitrogens is 1. The van der Waals surface area contributed by atoms with Crippen molar-refractivity contribution in [2.45, 2.75) is 12.5 Å². The first-order valence-electron chi connectivity index (χ1n) is 4.74. The topological polar surface area (TPSA) is 38.9 Å². The van der Waals surface area contributed by atoms with E-state index in [2.05, 4.69) is 20.9 Å². The molecule has 1 unspecified atom stereocenters. The summed E-state index contributed by atoms with van der Waals surface area (Å²) < 4.78 is 13.8. The summed E-state index contributed by atoms with van der Waals surface area (Å²) in [4.78, 5) is 5.09. The van der Waals surface area contributed by atoms with Gasteiger partial charge in [-0.2, -0.15) is 0 Å². The van der Waals surface area contributed by atoms with E-state index in [4.69, 9.17) is 5.73 Å². The Morgan fingerprint density at radius 3 is 2.94 bits per heavy atom. The van der Waals surface area contributed by atoms with E-state index in [1.165, 1.54) is 6.07 Å². The summed E-state index contributed by atoms with van der Waals surface area (Å²) >= 11 is 4.67. The van der Waals surface area contributed by atoms with Crippen LogP contribution >= 0.6 is 27.3 Å². The Kier molecular flexibility index (Phi) is 3.68. The van der Waals surface area contributed by atoms with E-state index in [-0.39, 0.29) is 11.9 Å². The van der Waals surface area contributed by atoms with Crippen LogP contribution in [0.1, 0.15) is 16.5 Å². The van der Waals surface area contributed by atoms with Gasteiger partial charge in [-0.05, 0) is 33.6 Å². The molecule has 0 aliphatic heterocycles. The van der Waals surface area contributed by atoms with Crippen molar-refractivity contribution in [1.82, 2.24) is 4.98 Å². The Morgan fingerprint density at radius 2 is 2.31 bits per heavy atom. The van der Waals surface area contributed by atoms with Crippen LogP contribution in [0.15, 0.2) is 34.4 Å². The van der Waals surface area contributed by atoms with Crippen molar-refractivity contribution in [2.75, 3.05) is 0 Å². The van der Waals surface area contributed by atoms with Gasteiger partial charge in [-0.1, -0.05) is 6.07 Å². The van der Waals surface area contributed by atoms with E-state index in [0.29, 0.717) is 10.9 Å². The first-order chi connectivity index (χ1) is 7.66. The van der Waals surface area contributed by atoms with Gasteiger partial charge in [0.05, 0.1) is 9.98 Å². The molecule has 0 fully saturated rings. The lowest BCUT2D eigenvalue weighted by Crippen LogP contribution is -2.12. The van der Waals surface area contributed by atoms with Crippen LogP contribution in [0.25, 0.3) is 0 Å². The predicted molar refractivity (Wildman–Crippen MR) is 66.8 cm³/mol. The molecule has 1 heterocycles. The highest BCUT2D eigenvalue weighted by Gasteiger charge is 2.10. The normalized spacial score (nSPS) is 12.7. The molecule has 1 atom stereocenters. The fourth-order valence-corrected chi connectivity index (χ4v) is 2.32. The molecule has 84 valence electrons. The Hall–Kier alpha value is -0.780. The standard InChI is InChI=1S/C11H10BrFN2S/c12-9-2-1-7(3-10(9)13)11(14)4-8-5-15-6-16-8/h1-3,5-6,11H,4,14H2. The minimum atomic E-state index is -0.280. The summed E-state index contributed by atoms with van der Waals surface area (Å²) in [5.41, 5.74) is 8.57. The number of halogens is 2. The Morgan fingerprint density at radius 1 is 1.50 bits per heavy atom. The molecule has 0 aliphatic carbocycles. The van der Waals surface area contributed by atoms with Gasteiger partial charge >= 0.3 is 0 Å². The smallest absolute Gasteiger partial charge is 0.137 e. The highest BCUT2D eigenvalue weighted by Crippen LogP contribution is 2.22. The van der Waals surface area contributed by atoms with Gasteiger partial charge in [0.15, 0.2) is 0 Å². The zero-order valence-corrected chi connectivity index (χ0v) is 10.8. The van der Waals surface area contributed by atoms with Crippen molar-refractivity contribution >= 4 is 27.3 Å². The molecular weight excluding hydrogens is 291 g/mol. The predicted octanol–water partition coefficient (Wildman–Crippen LogP) is 3.29. The Labute approximate surface area is 105 Å². The monoisotopic (exact) mass is 300 g/mol. The zero-order valence-electron chi connectivity index (χ0n) is 8.36. The lowest BCUT2D eigenvalue weighted by molar-refractivity contribution is 0.612. The van der Waals surface area contributed by atoms with Gasteiger partial charge in [-0.15, -0.1) is 11.3 Å². The molecule has 0 saturated carbocycles. The van der Waals surface area contributed by atoms with Crippen molar-refractivity contribution in [3.63, 3.8) is 0 Å². The molecule has 2 N–H and O–H groups in total. The first-order valence-corrected chi connectivity index (χ1v) is 6.42. The average molecular weight is 301 g/mol. The van der Waals surface area contributed by atoms with Crippen LogP contribution in [0, 0.1) is 5.82 Å². The summed E-state index contributed by atoms with van der Waals surface area (Å²) in [6.45, 7) is 0. The molecule has 2 aromatic rings. The molecule has 0 spiro atoms. The van der Waals surface area contributed by atoms with Crippen molar-refractivity contribution in [3.05, 3.63) is 50.6 Å². The van der Waals surface area contributed by atoms with Gasteiger partial charge in [0, 0.05) is 23.5 Å².